The molecular weight excluding hydrogens is 364 g/mol. The number of benzene rings is 1. The van der Waals surface area contributed by atoms with Gasteiger partial charge in [-0.25, -0.2) is 0 Å². The lowest BCUT2D eigenvalue weighted by Crippen LogP contribution is -2.53. The Hall–Kier alpha value is -2.30. The number of para-hydroxylation sites is 1. The second kappa shape index (κ2) is 8.21. The zero-order valence-corrected chi connectivity index (χ0v) is 17.6. The van der Waals surface area contributed by atoms with Gasteiger partial charge in [-0.15, -0.1) is 0 Å². The van der Waals surface area contributed by atoms with Crippen LogP contribution in [0.4, 0.5) is 0 Å². The molecule has 0 bridgehead atoms. The lowest BCUT2D eigenvalue weighted by molar-refractivity contribution is -0.140. The van der Waals surface area contributed by atoms with E-state index in [4.69, 9.17) is 4.74 Å². The molecule has 1 atom stereocenters. The average molecular weight is 397 g/mol. The molecule has 0 N–H and O–H groups in total. The molecule has 0 saturated heterocycles. The number of hydrogen-bond donors (Lipinski definition) is 0. The first-order valence-electron chi connectivity index (χ1n) is 10.9. The minimum atomic E-state index is -0.360. The van der Waals surface area contributed by atoms with E-state index < -0.39 is 0 Å². The lowest BCUT2D eigenvalue weighted by Gasteiger charge is -2.43. The highest BCUT2D eigenvalue weighted by molar-refractivity contribution is 5.79. The van der Waals surface area contributed by atoms with Crippen molar-refractivity contribution in [3.8, 4) is 5.75 Å². The van der Waals surface area contributed by atoms with Gasteiger partial charge in [0, 0.05) is 38.0 Å². The zero-order chi connectivity index (χ0) is 20.4. The molecule has 1 spiro atoms. The van der Waals surface area contributed by atoms with Crippen molar-refractivity contribution < 1.29 is 14.3 Å². The molecule has 3 aliphatic rings. The number of allylic oxidation sites excluding steroid dienone is 2. The summed E-state index contributed by atoms with van der Waals surface area (Å²) in [6, 6.07) is 8.39. The fraction of sp³-hybridized carbons (Fsp3) is 0.583. The normalized spacial score (nSPS) is 29.0. The van der Waals surface area contributed by atoms with Gasteiger partial charge >= 0.3 is 0 Å². The van der Waals surface area contributed by atoms with E-state index in [9.17, 15) is 9.59 Å². The van der Waals surface area contributed by atoms with Crippen molar-refractivity contribution in [2.24, 2.45) is 5.92 Å². The molecule has 1 heterocycles. The molecule has 1 aromatic rings. The van der Waals surface area contributed by atoms with Crippen molar-refractivity contribution >= 4 is 11.8 Å². The van der Waals surface area contributed by atoms with Crippen LogP contribution in [0.2, 0.25) is 0 Å². The summed E-state index contributed by atoms with van der Waals surface area (Å²) in [4.78, 5) is 29.1. The third-order valence-corrected chi connectivity index (χ3v) is 6.98. The van der Waals surface area contributed by atoms with Crippen LogP contribution < -0.4 is 4.74 Å². The molecule has 2 amide bonds. The van der Waals surface area contributed by atoms with Crippen molar-refractivity contribution in [2.45, 2.75) is 70.1 Å². The van der Waals surface area contributed by atoms with Gasteiger partial charge in [0.25, 0.3) is 0 Å². The second-order valence-corrected chi connectivity index (χ2v) is 8.93. The number of nitrogens with zero attached hydrogens (tertiary/aromatic N) is 2. The van der Waals surface area contributed by atoms with E-state index in [2.05, 4.69) is 18.2 Å². The molecular formula is C24H32N2O3. The number of hydrogen-bond acceptors (Lipinski definition) is 3. The van der Waals surface area contributed by atoms with Gasteiger partial charge in [0.05, 0.1) is 6.54 Å². The Morgan fingerprint density at radius 3 is 2.59 bits per heavy atom. The highest BCUT2D eigenvalue weighted by atomic mass is 16.5. The van der Waals surface area contributed by atoms with Crippen LogP contribution in [0.1, 0.15) is 57.4 Å². The molecule has 5 nitrogen and oxygen atoms in total. The van der Waals surface area contributed by atoms with Crippen LogP contribution in [0.5, 0.6) is 5.75 Å². The number of rotatable bonds is 2. The third kappa shape index (κ3) is 4.19. The number of ether oxygens (including phenoxy) is 1. The van der Waals surface area contributed by atoms with Crippen molar-refractivity contribution in [3.63, 3.8) is 0 Å². The largest absolute Gasteiger partial charge is 0.485 e. The molecule has 5 heteroatoms. The molecule has 1 saturated carbocycles. The molecule has 2 aliphatic carbocycles. The van der Waals surface area contributed by atoms with Gasteiger partial charge in [0.15, 0.2) is 0 Å². The average Bonchev–Trinajstić information content (AvgIpc) is 2.90. The maximum atomic E-state index is 13.4. The van der Waals surface area contributed by atoms with Crippen LogP contribution in [0.3, 0.4) is 0 Å². The highest BCUT2D eigenvalue weighted by Crippen LogP contribution is 2.40. The summed E-state index contributed by atoms with van der Waals surface area (Å²) < 4.78 is 6.63. The molecule has 156 valence electrons. The maximum absolute atomic E-state index is 13.4. The van der Waals surface area contributed by atoms with E-state index >= 15 is 0 Å². The Morgan fingerprint density at radius 2 is 1.90 bits per heavy atom. The summed E-state index contributed by atoms with van der Waals surface area (Å²) in [5.74, 6) is 1.37. The summed E-state index contributed by atoms with van der Waals surface area (Å²) in [7, 11) is 1.89. The van der Waals surface area contributed by atoms with Gasteiger partial charge in [0.2, 0.25) is 11.8 Å². The quantitative estimate of drug-likeness (QED) is 0.712. The molecule has 1 aromatic carbocycles. The first-order valence-corrected chi connectivity index (χ1v) is 10.9. The van der Waals surface area contributed by atoms with Gasteiger partial charge in [-0.05, 0) is 51.0 Å². The molecule has 1 aliphatic heterocycles. The first-order chi connectivity index (χ1) is 14.0. The Kier molecular flexibility index (Phi) is 5.66. The molecule has 0 aromatic heterocycles. The van der Waals surface area contributed by atoms with E-state index in [-0.39, 0.29) is 29.4 Å². The van der Waals surface area contributed by atoms with Crippen LogP contribution >= 0.6 is 0 Å². The fourth-order valence-electron chi connectivity index (χ4n) is 5.07. The molecule has 29 heavy (non-hydrogen) atoms. The lowest BCUT2D eigenvalue weighted by atomic mass is 9.80. The van der Waals surface area contributed by atoms with Gasteiger partial charge in [-0.1, -0.05) is 30.4 Å². The number of carbonyl (C=O) groups excluding carboxylic acids is 2. The predicted octanol–water partition coefficient (Wildman–Crippen LogP) is 3.92. The number of carbonyl (C=O) groups is 2. The van der Waals surface area contributed by atoms with E-state index in [0.29, 0.717) is 13.1 Å². The maximum Gasteiger partial charge on any atom is 0.226 e. The van der Waals surface area contributed by atoms with Gasteiger partial charge in [0.1, 0.15) is 11.4 Å². The van der Waals surface area contributed by atoms with E-state index in [1.807, 2.05) is 35.0 Å². The van der Waals surface area contributed by atoms with Gasteiger partial charge in [-0.2, -0.15) is 0 Å². The van der Waals surface area contributed by atoms with Crippen molar-refractivity contribution in [2.75, 3.05) is 13.6 Å². The summed E-state index contributed by atoms with van der Waals surface area (Å²) in [6.45, 7) is 2.88. The van der Waals surface area contributed by atoms with Crippen LogP contribution in [0, 0.1) is 5.92 Å². The van der Waals surface area contributed by atoms with Crippen molar-refractivity contribution in [1.82, 2.24) is 9.80 Å². The topological polar surface area (TPSA) is 49.9 Å². The smallest absolute Gasteiger partial charge is 0.226 e. The molecule has 1 unspecified atom stereocenters. The van der Waals surface area contributed by atoms with Crippen LogP contribution in [-0.4, -0.2) is 46.8 Å². The summed E-state index contributed by atoms with van der Waals surface area (Å²) >= 11 is 0. The number of fused-ring (bicyclic) bond motifs is 1. The number of amides is 2. The predicted molar refractivity (Wildman–Crippen MR) is 112 cm³/mol. The Labute approximate surface area is 173 Å². The Morgan fingerprint density at radius 1 is 1.14 bits per heavy atom. The van der Waals surface area contributed by atoms with Crippen LogP contribution in [0.25, 0.3) is 0 Å². The minimum absolute atomic E-state index is 0.0856. The van der Waals surface area contributed by atoms with E-state index in [1.54, 1.807) is 6.92 Å². The summed E-state index contributed by atoms with van der Waals surface area (Å²) in [6.07, 6.45) is 10.6. The monoisotopic (exact) mass is 396 g/mol. The van der Waals surface area contributed by atoms with E-state index in [1.165, 1.54) is 0 Å². The van der Waals surface area contributed by atoms with Crippen LogP contribution in [-0.2, 0) is 16.1 Å². The van der Waals surface area contributed by atoms with E-state index in [0.717, 1.165) is 56.3 Å². The van der Waals surface area contributed by atoms with Gasteiger partial charge in [-0.3, -0.25) is 9.59 Å². The molecule has 4 rings (SSSR count). The highest BCUT2D eigenvalue weighted by Gasteiger charge is 2.43. The van der Waals surface area contributed by atoms with Crippen molar-refractivity contribution in [1.29, 1.82) is 0 Å². The molecule has 0 radical (unpaired) electrons. The SMILES string of the molecule is CC(=O)N(C)C1CCC2(CC1)CN(C(=O)C1CC=CCC1)Cc1ccccc1O2. The first kappa shape index (κ1) is 20.0. The standard InChI is InChI=1S/C24H32N2O3/c1-18(27)25(2)21-12-14-24(15-13-21)17-26(23(28)19-8-4-3-5-9-19)16-20-10-6-7-11-22(20)29-24/h3-4,6-7,10-11,19,21H,5,8-9,12-17H2,1-2H3. The van der Waals surface area contributed by atoms with Crippen molar-refractivity contribution in [3.05, 3.63) is 42.0 Å². The Balaban J connectivity index is 1.57. The zero-order valence-electron chi connectivity index (χ0n) is 17.6. The molecule has 1 fully saturated rings. The third-order valence-electron chi connectivity index (χ3n) is 6.98. The second-order valence-electron chi connectivity index (χ2n) is 8.93. The fourth-order valence-corrected chi connectivity index (χ4v) is 5.07. The Bertz CT molecular complexity index is 795. The van der Waals surface area contributed by atoms with Gasteiger partial charge < -0.3 is 14.5 Å². The summed E-state index contributed by atoms with van der Waals surface area (Å²) in [5, 5.41) is 0. The summed E-state index contributed by atoms with van der Waals surface area (Å²) in [5.41, 5.74) is 0.730. The minimum Gasteiger partial charge on any atom is -0.485 e. The van der Waals surface area contributed by atoms with Crippen LogP contribution in [0.15, 0.2) is 36.4 Å².